The number of benzene rings is 1. The maximum absolute atomic E-state index is 12.6. The number of aryl methyl sites for hydroxylation is 1. The van der Waals surface area contributed by atoms with Gasteiger partial charge in [0.25, 0.3) is 0 Å². The normalized spacial score (nSPS) is 15.2. The van der Waals surface area contributed by atoms with Gasteiger partial charge in [0.05, 0.1) is 6.33 Å². The van der Waals surface area contributed by atoms with E-state index in [9.17, 15) is 4.79 Å². The first-order chi connectivity index (χ1) is 10.1. The van der Waals surface area contributed by atoms with Crippen molar-refractivity contribution in [1.82, 2.24) is 9.55 Å². The zero-order valence-corrected chi connectivity index (χ0v) is 12.3. The number of ketones is 1. The van der Waals surface area contributed by atoms with Crippen LogP contribution in [0, 0.1) is 5.92 Å². The van der Waals surface area contributed by atoms with Gasteiger partial charge in [0.15, 0.2) is 0 Å². The first kappa shape index (κ1) is 13.5. The number of nitrogens with zero attached hydrogens (tertiary/aromatic N) is 3. The molecule has 1 aromatic heterocycles. The minimum Gasteiger partial charge on any atom is -0.395 e. The fourth-order valence-corrected chi connectivity index (χ4v) is 2.36. The van der Waals surface area contributed by atoms with Gasteiger partial charge in [-0.15, -0.1) is 0 Å². The van der Waals surface area contributed by atoms with Crippen LogP contribution in [0.1, 0.15) is 41.2 Å². The van der Waals surface area contributed by atoms with Crippen molar-refractivity contribution < 1.29 is 9.63 Å². The van der Waals surface area contributed by atoms with Crippen LogP contribution in [-0.2, 0) is 11.9 Å². The van der Waals surface area contributed by atoms with Crippen molar-refractivity contribution in [2.45, 2.75) is 13.8 Å². The van der Waals surface area contributed by atoms with Crippen LogP contribution in [0.5, 0.6) is 0 Å². The van der Waals surface area contributed by atoms with Crippen LogP contribution in [0.4, 0.5) is 0 Å². The van der Waals surface area contributed by atoms with Crippen LogP contribution >= 0.6 is 0 Å². The molecule has 0 saturated heterocycles. The van der Waals surface area contributed by atoms with Gasteiger partial charge in [-0.25, -0.2) is 4.98 Å². The van der Waals surface area contributed by atoms with Crippen molar-refractivity contribution in [3.05, 3.63) is 53.1 Å². The summed E-state index contributed by atoms with van der Waals surface area (Å²) in [5, 5.41) is 4.24. The Morgan fingerprint density at radius 3 is 2.71 bits per heavy atom. The largest absolute Gasteiger partial charge is 0.395 e. The van der Waals surface area contributed by atoms with Crippen molar-refractivity contribution in [3.8, 4) is 0 Å². The highest BCUT2D eigenvalue weighted by Gasteiger charge is 2.32. The lowest BCUT2D eigenvalue weighted by molar-refractivity contribution is 0.102. The first-order valence-electron chi connectivity index (χ1n) is 6.95. The fraction of sp³-hybridized carbons (Fsp3) is 0.312. The minimum absolute atomic E-state index is 0.0246. The number of carbonyl (C=O) groups excluding carboxylic acids is 1. The molecule has 0 N–H and O–H groups in total. The maximum atomic E-state index is 12.6. The van der Waals surface area contributed by atoms with Crippen molar-refractivity contribution >= 4 is 11.5 Å². The van der Waals surface area contributed by atoms with E-state index >= 15 is 0 Å². The predicted octanol–water partition coefficient (Wildman–Crippen LogP) is 2.39. The Kier molecular flexibility index (Phi) is 3.33. The maximum Gasteiger partial charge on any atom is 0.212 e. The number of rotatable bonds is 3. The van der Waals surface area contributed by atoms with Gasteiger partial charge in [0, 0.05) is 18.2 Å². The molecular weight excluding hydrogens is 266 g/mol. The molecule has 2 aromatic rings. The van der Waals surface area contributed by atoms with Crippen LogP contribution in [0.2, 0.25) is 0 Å². The molecule has 5 nitrogen and oxygen atoms in total. The molecule has 3 rings (SSSR count). The second-order valence-electron chi connectivity index (χ2n) is 5.56. The van der Waals surface area contributed by atoms with Crippen LogP contribution in [0.15, 0.2) is 35.7 Å². The third kappa shape index (κ3) is 2.24. The number of fused-ring (bicyclic) bond motifs is 2. The molecule has 5 heteroatoms. The van der Waals surface area contributed by atoms with Crippen molar-refractivity contribution in [3.63, 3.8) is 0 Å². The highest BCUT2D eigenvalue weighted by molar-refractivity contribution is 6.28. The second-order valence-corrected chi connectivity index (χ2v) is 5.56. The Morgan fingerprint density at radius 1 is 1.29 bits per heavy atom. The Bertz CT molecular complexity index is 729. The van der Waals surface area contributed by atoms with Gasteiger partial charge in [-0.3, -0.25) is 4.79 Å². The summed E-state index contributed by atoms with van der Waals surface area (Å²) in [5.74, 6) is 0.362. The lowest BCUT2D eigenvalue weighted by Gasteiger charge is -2.17. The monoisotopic (exact) mass is 283 g/mol. The standard InChI is InChI=1S/C16H17N3O2/c1-10(2)8-21-18-13-11-6-4-5-7-12(11)16(20)15-14(13)17-9-19(15)3/h4-7,9-10H,8H2,1-3H3/b18-13-. The summed E-state index contributed by atoms with van der Waals surface area (Å²) in [6, 6.07) is 7.43. The van der Waals surface area contributed by atoms with Gasteiger partial charge >= 0.3 is 0 Å². The lowest BCUT2D eigenvalue weighted by Crippen LogP contribution is -2.23. The number of aromatic nitrogens is 2. The van der Waals surface area contributed by atoms with E-state index in [1.54, 1.807) is 10.9 Å². The Balaban J connectivity index is 2.12. The van der Waals surface area contributed by atoms with Crippen molar-refractivity contribution in [2.24, 2.45) is 18.1 Å². The molecule has 0 bridgehead atoms. The average Bonchev–Trinajstić information content (AvgIpc) is 2.84. The van der Waals surface area contributed by atoms with Crippen molar-refractivity contribution in [1.29, 1.82) is 0 Å². The molecule has 21 heavy (non-hydrogen) atoms. The van der Waals surface area contributed by atoms with Gasteiger partial charge in [0.2, 0.25) is 5.78 Å². The SMILES string of the molecule is CC(C)CO/N=C1/c2ccccc2C(=O)c2c1ncn2C. The number of carbonyl (C=O) groups is 1. The molecule has 0 fully saturated rings. The third-order valence-electron chi connectivity index (χ3n) is 3.37. The molecule has 0 aliphatic heterocycles. The van der Waals surface area contributed by atoms with E-state index in [-0.39, 0.29) is 5.78 Å². The molecule has 1 aliphatic carbocycles. The van der Waals surface area contributed by atoms with Gasteiger partial charge in [-0.05, 0) is 5.92 Å². The highest BCUT2D eigenvalue weighted by Crippen LogP contribution is 2.26. The van der Waals surface area contributed by atoms with E-state index in [1.807, 2.05) is 31.3 Å². The number of oxime groups is 1. The lowest BCUT2D eigenvalue weighted by atomic mass is 9.89. The number of imidazole rings is 1. The van der Waals surface area contributed by atoms with Gasteiger partial charge in [-0.2, -0.15) is 0 Å². The van der Waals surface area contributed by atoms with Gasteiger partial charge in [-0.1, -0.05) is 43.3 Å². The van der Waals surface area contributed by atoms with E-state index < -0.39 is 0 Å². The summed E-state index contributed by atoms with van der Waals surface area (Å²) in [4.78, 5) is 22.3. The highest BCUT2D eigenvalue weighted by atomic mass is 16.6. The Hall–Kier alpha value is -2.43. The quantitative estimate of drug-likeness (QED) is 0.693. The van der Waals surface area contributed by atoms with E-state index in [2.05, 4.69) is 24.0 Å². The molecule has 0 atom stereocenters. The summed E-state index contributed by atoms with van der Waals surface area (Å²) in [5.41, 5.74) is 3.19. The van der Waals surface area contributed by atoms with E-state index in [0.717, 1.165) is 5.56 Å². The summed E-state index contributed by atoms with van der Waals surface area (Å²) in [6.45, 7) is 4.65. The fourth-order valence-electron chi connectivity index (χ4n) is 2.36. The average molecular weight is 283 g/mol. The van der Waals surface area contributed by atoms with Crippen LogP contribution in [0.25, 0.3) is 0 Å². The summed E-state index contributed by atoms with van der Waals surface area (Å²) in [6.07, 6.45) is 1.63. The van der Waals surface area contributed by atoms with Crippen LogP contribution < -0.4 is 0 Å². The molecule has 1 aliphatic rings. The van der Waals surface area contributed by atoms with Gasteiger partial charge in [0.1, 0.15) is 23.7 Å². The van der Waals surface area contributed by atoms with E-state index in [0.29, 0.717) is 35.2 Å². The molecule has 0 spiro atoms. The third-order valence-corrected chi connectivity index (χ3v) is 3.37. The zero-order valence-electron chi connectivity index (χ0n) is 12.3. The smallest absolute Gasteiger partial charge is 0.212 e. The molecule has 1 heterocycles. The second kappa shape index (κ2) is 5.16. The summed E-state index contributed by atoms with van der Waals surface area (Å²) >= 11 is 0. The molecule has 0 saturated carbocycles. The molecule has 0 unspecified atom stereocenters. The summed E-state index contributed by atoms with van der Waals surface area (Å²) < 4.78 is 1.73. The van der Waals surface area contributed by atoms with E-state index in [4.69, 9.17) is 4.84 Å². The molecule has 1 aromatic carbocycles. The summed E-state index contributed by atoms with van der Waals surface area (Å²) in [7, 11) is 1.81. The zero-order chi connectivity index (χ0) is 15.0. The molecular formula is C16H17N3O2. The molecule has 0 amide bonds. The van der Waals surface area contributed by atoms with Gasteiger partial charge < -0.3 is 9.40 Å². The Labute approximate surface area is 123 Å². The van der Waals surface area contributed by atoms with E-state index in [1.165, 1.54) is 0 Å². The van der Waals surface area contributed by atoms with Crippen LogP contribution in [0.3, 0.4) is 0 Å². The number of hydrogen-bond donors (Lipinski definition) is 0. The molecule has 0 radical (unpaired) electrons. The van der Waals surface area contributed by atoms with Crippen LogP contribution in [-0.4, -0.2) is 27.7 Å². The first-order valence-corrected chi connectivity index (χ1v) is 6.95. The number of hydrogen-bond acceptors (Lipinski definition) is 4. The Morgan fingerprint density at radius 2 is 2.00 bits per heavy atom. The minimum atomic E-state index is -0.0246. The van der Waals surface area contributed by atoms with Crippen molar-refractivity contribution in [2.75, 3.05) is 6.61 Å². The predicted molar refractivity (Wildman–Crippen MR) is 79.5 cm³/mol. The molecule has 108 valence electrons. The topological polar surface area (TPSA) is 56.5 Å².